The van der Waals surface area contributed by atoms with Gasteiger partial charge in [0.2, 0.25) is 0 Å². The van der Waals surface area contributed by atoms with Crippen LogP contribution in [0.5, 0.6) is 0 Å². The maximum atomic E-state index is 2.46. The molecule has 1 nitrogen and oxygen atoms in total. The van der Waals surface area contributed by atoms with E-state index in [4.69, 9.17) is 0 Å². The van der Waals surface area contributed by atoms with Gasteiger partial charge < -0.3 is 4.90 Å². The van der Waals surface area contributed by atoms with Crippen LogP contribution in [0.2, 0.25) is 0 Å². The summed E-state index contributed by atoms with van der Waals surface area (Å²) in [5, 5.41) is 0. The Hall–Kier alpha value is -0.300. The van der Waals surface area contributed by atoms with Crippen molar-refractivity contribution in [3.8, 4) is 0 Å². The number of piperidine rings is 1. The molecular formula is C42H84N+. The van der Waals surface area contributed by atoms with Gasteiger partial charge in [-0.25, -0.2) is 0 Å². The minimum atomic E-state index is 1.05. The van der Waals surface area contributed by atoms with Gasteiger partial charge in [0, 0.05) is 0 Å². The Balaban J connectivity index is 1.74. The highest BCUT2D eigenvalue weighted by molar-refractivity contribution is 4.81. The van der Waals surface area contributed by atoms with Gasteiger partial charge in [-0.2, -0.15) is 0 Å². The standard InChI is InChI=1S/C42H83N/c1-3-5-7-9-11-13-15-17-19-21-22-24-26-28-30-32-34-36-42-37-40-43(41-38-42)39-35-33-31-29-27-25-23-20-18-16-14-12-10-8-6-4-2/h17,19,42H,3-16,18,20-41H2,1-2H3/p+1/b19-17-. The van der Waals surface area contributed by atoms with Gasteiger partial charge in [0.15, 0.2) is 0 Å². The molecule has 0 aromatic heterocycles. The molecule has 0 unspecified atom stereocenters. The third kappa shape index (κ3) is 30.1. The molecule has 1 heterocycles. The Bertz CT molecular complexity index is 531. The van der Waals surface area contributed by atoms with Crippen molar-refractivity contribution < 1.29 is 4.90 Å². The van der Waals surface area contributed by atoms with E-state index in [9.17, 15) is 0 Å². The Morgan fingerprint density at radius 1 is 0.395 bits per heavy atom. The van der Waals surface area contributed by atoms with Crippen LogP contribution in [0.25, 0.3) is 0 Å². The summed E-state index contributed by atoms with van der Waals surface area (Å²) in [5.74, 6) is 1.05. The van der Waals surface area contributed by atoms with Crippen LogP contribution in [0.4, 0.5) is 0 Å². The van der Waals surface area contributed by atoms with Crippen molar-refractivity contribution in [1.82, 2.24) is 0 Å². The fourth-order valence-electron chi connectivity index (χ4n) is 7.40. The van der Waals surface area contributed by atoms with Crippen LogP contribution in [0.1, 0.15) is 232 Å². The van der Waals surface area contributed by atoms with Crippen molar-refractivity contribution in [2.24, 2.45) is 5.92 Å². The monoisotopic (exact) mass is 603 g/mol. The number of quaternary nitrogens is 1. The van der Waals surface area contributed by atoms with E-state index in [0.717, 1.165) is 5.92 Å². The molecule has 1 aliphatic rings. The smallest absolute Gasteiger partial charge is 0.0773 e. The molecule has 1 aliphatic heterocycles. The van der Waals surface area contributed by atoms with Gasteiger partial charge >= 0.3 is 0 Å². The highest BCUT2D eigenvalue weighted by atomic mass is 15.1. The van der Waals surface area contributed by atoms with Gasteiger partial charge in [-0.1, -0.05) is 193 Å². The number of hydrogen-bond donors (Lipinski definition) is 1. The van der Waals surface area contributed by atoms with Crippen LogP contribution < -0.4 is 4.90 Å². The summed E-state index contributed by atoms with van der Waals surface area (Å²) in [4.78, 5) is 1.93. The molecule has 0 spiro atoms. The highest BCUT2D eigenvalue weighted by Crippen LogP contribution is 2.20. The molecule has 43 heavy (non-hydrogen) atoms. The first-order valence-electron chi connectivity index (χ1n) is 20.8. The van der Waals surface area contributed by atoms with E-state index in [-0.39, 0.29) is 0 Å². The predicted molar refractivity (Wildman–Crippen MR) is 197 cm³/mol. The van der Waals surface area contributed by atoms with Gasteiger partial charge in [0.1, 0.15) is 0 Å². The second-order valence-corrected chi connectivity index (χ2v) is 14.8. The molecule has 1 N–H and O–H groups in total. The van der Waals surface area contributed by atoms with Crippen molar-refractivity contribution in [3.63, 3.8) is 0 Å². The molecule has 0 amide bonds. The Labute approximate surface area is 274 Å². The Kier molecular flexibility index (Phi) is 32.7. The lowest BCUT2D eigenvalue weighted by molar-refractivity contribution is -0.906. The molecule has 0 saturated carbocycles. The summed E-state index contributed by atoms with van der Waals surface area (Å²) >= 11 is 0. The molecule has 0 aromatic carbocycles. The fourth-order valence-corrected chi connectivity index (χ4v) is 7.40. The molecule has 1 saturated heterocycles. The third-order valence-electron chi connectivity index (χ3n) is 10.6. The average Bonchev–Trinajstić information content (AvgIpc) is 3.03. The van der Waals surface area contributed by atoms with Gasteiger partial charge in [-0.3, -0.25) is 0 Å². The number of unbranched alkanes of at least 4 members (excludes halogenated alkanes) is 28. The van der Waals surface area contributed by atoms with E-state index in [0.29, 0.717) is 0 Å². The fraction of sp³-hybridized carbons (Fsp3) is 0.952. The Morgan fingerprint density at radius 3 is 1.12 bits per heavy atom. The summed E-state index contributed by atoms with van der Waals surface area (Å²) in [6, 6.07) is 0. The van der Waals surface area contributed by atoms with Crippen LogP contribution in [0.15, 0.2) is 12.2 Å². The highest BCUT2D eigenvalue weighted by Gasteiger charge is 2.21. The van der Waals surface area contributed by atoms with E-state index in [1.54, 1.807) is 0 Å². The zero-order chi connectivity index (χ0) is 30.7. The quantitative estimate of drug-likeness (QED) is 0.0552. The zero-order valence-electron chi connectivity index (χ0n) is 30.4. The second kappa shape index (κ2) is 34.6. The largest absolute Gasteiger partial charge is 0.335 e. The SMILES string of the molecule is CCCCCCCC/C=C\CCCCCCCCCC1CC[NH+](CCCCCCCCCCCCCCCCCC)CC1. The number of nitrogens with one attached hydrogen (secondary N) is 1. The molecule has 1 heteroatoms. The lowest BCUT2D eigenvalue weighted by atomic mass is 9.91. The summed E-state index contributed by atoms with van der Waals surface area (Å²) in [5.41, 5.74) is 0. The first-order valence-corrected chi connectivity index (χ1v) is 20.8. The summed E-state index contributed by atoms with van der Waals surface area (Å²) in [6.07, 6.45) is 54.5. The first kappa shape index (κ1) is 40.7. The molecule has 1 fully saturated rings. The van der Waals surface area contributed by atoms with Crippen molar-refractivity contribution in [2.45, 2.75) is 232 Å². The topological polar surface area (TPSA) is 4.44 Å². The van der Waals surface area contributed by atoms with E-state index >= 15 is 0 Å². The van der Waals surface area contributed by atoms with Gasteiger partial charge in [-0.15, -0.1) is 0 Å². The average molecular weight is 603 g/mol. The van der Waals surface area contributed by atoms with Crippen LogP contribution in [-0.2, 0) is 0 Å². The number of hydrogen-bond acceptors (Lipinski definition) is 0. The first-order chi connectivity index (χ1) is 21.4. The van der Waals surface area contributed by atoms with Crippen LogP contribution in [0.3, 0.4) is 0 Å². The summed E-state index contributed by atoms with van der Waals surface area (Å²) in [6.45, 7) is 9.01. The van der Waals surface area contributed by atoms with E-state index in [1.165, 1.54) is 238 Å². The molecule has 256 valence electrons. The number of rotatable bonds is 34. The molecular weight excluding hydrogens is 518 g/mol. The Morgan fingerprint density at radius 2 is 0.721 bits per heavy atom. The van der Waals surface area contributed by atoms with Gasteiger partial charge in [0.05, 0.1) is 19.6 Å². The van der Waals surface area contributed by atoms with Gasteiger partial charge in [-0.05, 0) is 57.3 Å². The molecule has 0 aromatic rings. The zero-order valence-corrected chi connectivity index (χ0v) is 30.4. The van der Waals surface area contributed by atoms with Crippen molar-refractivity contribution in [3.05, 3.63) is 12.2 Å². The van der Waals surface area contributed by atoms with Crippen LogP contribution in [0, 0.1) is 5.92 Å². The minimum Gasteiger partial charge on any atom is -0.335 e. The predicted octanol–water partition coefficient (Wildman–Crippen LogP) is 13.4. The van der Waals surface area contributed by atoms with Crippen LogP contribution in [-0.4, -0.2) is 19.6 Å². The third-order valence-corrected chi connectivity index (χ3v) is 10.6. The van der Waals surface area contributed by atoms with Crippen molar-refractivity contribution in [2.75, 3.05) is 19.6 Å². The van der Waals surface area contributed by atoms with E-state index < -0.39 is 0 Å². The lowest BCUT2D eigenvalue weighted by Gasteiger charge is -2.29. The van der Waals surface area contributed by atoms with E-state index in [1.807, 2.05) is 4.90 Å². The number of allylic oxidation sites excluding steroid dienone is 2. The number of likely N-dealkylation sites (tertiary alicyclic amines) is 1. The van der Waals surface area contributed by atoms with Gasteiger partial charge in [0.25, 0.3) is 0 Å². The summed E-state index contributed by atoms with van der Waals surface area (Å²) < 4.78 is 0. The normalized spacial score (nSPS) is 17.3. The van der Waals surface area contributed by atoms with Crippen molar-refractivity contribution >= 4 is 0 Å². The second-order valence-electron chi connectivity index (χ2n) is 14.8. The molecule has 0 radical (unpaired) electrons. The summed E-state index contributed by atoms with van der Waals surface area (Å²) in [7, 11) is 0. The van der Waals surface area contributed by atoms with E-state index in [2.05, 4.69) is 26.0 Å². The molecule has 1 rings (SSSR count). The van der Waals surface area contributed by atoms with Crippen molar-refractivity contribution in [1.29, 1.82) is 0 Å². The maximum Gasteiger partial charge on any atom is 0.0773 e. The molecule has 0 atom stereocenters. The molecule has 0 aliphatic carbocycles. The van der Waals surface area contributed by atoms with Crippen LogP contribution >= 0.6 is 0 Å². The molecule has 0 bridgehead atoms. The maximum absolute atomic E-state index is 2.46. The lowest BCUT2D eigenvalue weighted by Crippen LogP contribution is -3.13. The minimum absolute atomic E-state index is 1.05.